The van der Waals surface area contributed by atoms with Crippen molar-refractivity contribution in [3.63, 3.8) is 0 Å². The lowest BCUT2D eigenvalue weighted by atomic mass is 9.90. The van der Waals surface area contributed by atoms with Gasteiger partial charge < -0.3 is 14.8 Å². The van der Waals surface area contributed by atoms with Crippen LogP contribution in [0.2, 0.25) is 0 Å². The van der Waals surface area contributed by atoms with E-state index in [0.717, 1.165) is 49.6 Å². The van der Waals surface area contributed by atoms with Crippen LogP contribution < -0.4 is 5.32 Å². The molecule has 2 saturated heterocycles. The summed E-state index contributed by atoms with van der Waals surface area (Å²) < 4.78 is 12.0. The minimum atomic E-state index is -0.291. The van der Waals surface area contributed by atoms with Gasteiger partial charge in [-0.15, -0.1) is 0 Å². The number of aromatic amines is 1. The smallest absolute Gasteiger partial charge is 0.238 e. The van der Waals surface area contributed by atoms with E-state index < -0.39 is 0 Å². The van der Waals surface area contributed by atoms with Crippen LogP contribution in [-0.2, 0) is 14.3 Å². The van der Waals surface area contributed by atoms with E-state index in [1.54, 1.807) is 0 Å². The van der Waals surface area contributed by atoms with Crippen molar-refractivity contribution in [2.45, 2.75) is 51.7 Å². The quantitative estimate of drug-likeness (QED) is 0.877. The standard InChI is InChI=1S/C17H28N4O3/c1-12-15(13(2)20-19-12)18-14(22)8-21-9-16(3,4)24-17(10-21)6-5-7-23-11-17/h5-11H2,1-4H3,(H,18,22)(H,19,20). The second kappa shape index (κ2) is 6.46. The molecule has 1 aromatic rings. The van der Waals surface area contributed by atoms with Gasteiger partial charge in [0.25, 0.3) is 0 Å². The Morgan fingerprint density at radius 2 is 2.17 bits per heavy atom. The number of nitrogens with one attached hydrogen (secondary N) is 2. The summed E-state index contributed by atoms with van der Waals surface area (Å²) in [5.41, 5.74) is 1.88. The van der Waals surface area contributed by atoms with Gasteiger partial charge in [-0.3, -0.25) is 14.8 Å². The second-order valence-electron chi connectivity index (χ2n) is 7.70. The number of aryl methyl sites for hydroxylation is 2. The molecule has 0 saturated carbocycles. The first-order valence-corrected chi connectivity index (χ1v) is 8.60. The lowest BCUT2D eigenvalue weighted by molar-refractivity contribution is -0.232. The van der Waals surface area contributed by atoms with Gasteiger partial charge in [-0.05, 0) is 40.5 Å². The number of amides is 1. The fourth-order valence-corrected chi connectivity index (χ4v) is 3.91. The number of nitrogens with zero attached hydrogens (tertiary/aromatic N) is 2. The first-order chi connectivity index (χ1) is 11.3. The van der Waals surface area contributed by atoms with Gasteiger partial charge in [-0.2, -0.15) is 5.10 Å². The van der Waals surface area contributed by atoms with Crippen molar-refractivity contribution in [1.82, 2.24) is 15.1 Å². The highest BCUT2D eigenvalue weighted by atomic mass is 16.6. The van der Waals surface area contributed by atoms with E-state index in [0.29, 0.717) is 13.2 Å². The number of carbonyl (C=O) groups excluding carboxylic acids is 1. The largest absolute Gasteiger partial charge is 0.378 e. The second-order valence-corrected chi connectivity index (χ2v) is 7.70. The molecule has 0 aliphatic carbocycles. The van der Waals surface area contributed by atoms with E-state index in [-0.39, 0.29) is 17.1 Å². The van der Waals surface area contributed by atoms with Crippen LogP contribution in [0.4, 0.5) is 5.69 Å². The molecule has 2 fully saturated rings. The minimum absolute atomic E-state index is 0.0211. The van der Waals surface area contributed by atoms with Gasteiger partial charge in [0.15, 0.2) is 0 Å². The van der Waals surface area contributed by atoms with Crippen LogP contribution in [0.15, 0.2) is 0 Å². The zero-order valence-corrected chi connectivity index (χ0v) is 15.1. The zero-order valence-electron chi connectivity index (χ0n) is 15.1. The molecule has 1 amide bonds. The highest BCUT2D eigenvalue weighted by Gasteiger charge is 2.45. The molecule has 24 heavy (non-hydrogen) atoms. The molecule has 3 rings (SSSR count). The molecule has 1 atom stereocenters. The molecule has 1 spiro atoms. The van der Waals surface area contributed by atoms with Gasteiger partial charge in [-0.1, -0.05) is 0 Å². The molecule has 1 unspecified atom stereocenters. The maximum atomic E-state index is 12.5. The Morgan fingerprint density at radius 1 is 1.38 bits per heavy atom. The van der Waals surface area contributed by atoms with Crippen LogP contribution in [-0.4, -0.2) is 65.1 Å². The summed E-state index contributed by atoms with van der Waals surface area (Å²) in [6.07, 6.45) is 1.98. The molecule has 134 valence electrons. The number of anilines is 1. The Kier molecular flexibility index (Phi) is 4.68. The fraction of sp³-hybridized carbons (Fsp3) is 0.765. The Morgan fingerprint density at radius 3 is 2.79 bits per heavy atom. The van der Waals surface area contributed by atoms with E-state index in [9.17, 15) is 4.79 Å². The molecule has 7 heteroatoms. The summed E-state index contributed by atoms with van der Waals surface area (Å²) in [5, 5.41) is 9.99. The van der Waals surface area contributed by atoms with Crippen molar-refractivity contribution in [2.75, 3.05) is 38.2 Å². The first kappa shape index (κ1) is 17.4. The molecule has 3 heterocycles. The van der Waals surface area contributed by atoms with Gasteiger partial charge in [0.05, 0.1) is 35.8 Å². The summed E-state index contributed by atoms with van der Waals surface area (Å²) in [7, 11) is 0. The Balaban J connectivity index is 1.66. The van der Waals surface area contributed by atoms with Gasteiger partial charge in [0.1, 0.15) is 5.60 Å². The third kappa shape index (κ3) is 3.79. The Bertz CT molecular complexity index is 585. The van der Waals surface area contributed by atoms with Crippen LogP contribution in [0, 0.1) is 13.8 Å². The van der Waals surface area contributed by atoms with Crippen LogP contribution in [0.5, 0.6) is 0 Å². The topological polar surface area (TPSA) is 79.5 Å². The number of ether oxygens (including phenoxy) is 2. The number of rotatable bonds is 3. The molecule has 0 bridgehead atoms. The van der Waals surface area contributed by atoms with E-state index >= 15 is 0 Å². The fourth-order valence-electron chi connectivity index (χ4n) is 3.91. The molecule has 2 aliphatic heterocycles. The highest BCUT2D eigenvalue weighted by Crippen LogP contribution is 2.34. The summed E-state index contributed by atoms with van der Waals surface area (Å²) in [5.74, 6) is -0.0211. The van der Waals surface area contributed by atoms with Crippen molar-refractivity contribution < 1.29 is 14.3 Å². The highest BCUT2D eigenvalue weighted by molar-refractivity contribution is 5.93. The molecule has 0 radical (unpaired) electrons. The van der Waals surface area contributed by atoms with Crippen LogP contribution in [0.1, 0.15) is 38.1 Å². The maximum Gasteiger partial charge on any atom is 0.238 e. The lowest BCUT2D eigenvalue weighted by Gasteiger charge is -2.51. The summed E-state index contributed by atoms with van der Waals surface area (Å²) in [6.45, 7) is 11.2. The minimum Gasteiger partial charge on any atom is -0.378 e. The molecule has 1 aromatic heterocycles. The third-order valence-corrected chi connectivity index (χ3v) is 4.65. The molecule has 7 nitrogen and oxygen atoms in total. The number of hydrogen-bond acceptors (Lipinski definition) is 5. The van der Waals surface area contributed by atoms with Crippen LogP contribution in [0.3, 0.4) is 0 Å². The summed E-state index contributed by atoms with van der Waals surface area (Å²) >= 11 is 0. The number of morpholine rings is 1. The lowest BCUT2D eigenvalue weighted by Crippen LogP contribution is -2.63. The van der Waals surface area contributed by atoms with Gasteiger partial charge in [0, 0.05) is 19.7 Å². The average molecular weight is 336 g/mol. The van der Waals surface area contributed by atoms with Gasteiger partial charge in [0.2, 0.25) is 5.91 Å². The molecular formula is C17H28N4O3. The average Bonchev–Trinajstić information content (AvgIpc) is 2.77. The van der Waals surface area contributed by atoms with Crippen molar-refractivity contribution in [2.24, 2.45) is 0 Å². The number of aromatic nitrogens is 2. The van der Waals surface area contributed by atoms with Crippen LogP contribution in [0.25, 0.3) is 0 Å². The Hall–Kier alpha value is -1.44. The van der Waals surface area contributed by atoms with Crippen molar-refractivity contribution in [3.8, 4) is 0 Å². The van der Waals surface area contributed by atoms with Crippen molar-refractivity contribution >= 4 is 11.6 Å². The van der Waals surface area contributed by atoms with Crippen molar-refractivity contribution in [1.29, 1.82) is 0 Å². The van der Waals surface area contributed by atoms with E-state index in [2.05, 4.69) is 34.3 Å². The number of H-pyrrole nitrogens is 1. The Labute approximate surface area is 143 Å². The van der Waals surface area contributed by atoms with Crippen LogP contribution >= 0.6 is 0 Å². The monoisotopic (exact) mass is 336 g/mol. The number of carbonyl (C=O) groups is 1. The van der Waals surface area contributed by atoms with E-state index in [1.807, 2.05) is 13.8 Å². The molecular weight excluding hydrogens is 308 g/mol. The van der Waals surface area contributed by atoms with Gasteiger partial charge >= 0.3 is 0 Å². The zero-order chi connectivity index (χ0) is 17.4. The molecule has 2 aliphatic rings. The molecule has 2 N–H and O–H groups in total. The van der Waals surface area contributed by atoms with Crippen molar-refractivity contribution in [3.05, 3.63) is 11.4 Å². The third-order valence-electron chi connectivity index (χ3n) is 4.65. The predicted octanol–water partition coefficient (Wildman–Crippen LogP) is 1.63. The summed E-state index contributed by atoms with van der Waals surface area (Å²) in [6, 6.07) is 0. The summed E-state index contributed by atoms with van der Waals surface area (Å²) in [4.78, 5) is 14.7. The maximum absolute atomic E-state index is 12.5. The SMILES string of the molecule is Cc1n[nH]c(C)c1NC(=O)CN1CC(C)(C)OC2(CCCOC2)C1. The first-order valence-electron chi connectivity index (χ1n) is 8.60. The number of hydrogen-bond donors (Lipinski definition) is 2. The molecule has 0 aromatic carbocycles. The predicted molar refractivity (Wildman–Crippen MR) is 91.1 cm³/mol. The van der Waals surface area contributed by atoms with E-state index in [1.165, 1.54) is 0 Å². The van der Waals surface area contributed by atoms with E-state index in [4.69, 9.17) is 9.47 Å². The van der Waals surface area contributed by atoms with Gasteiger partial charge in [-0.25, -0.2) is 0 Å². The normalized spacial score (nSPS) is 27.3.